The van der Waals surface area contributed by atoms with Gasteiger partial charge in [0.1, 0.15) is 11.4 Å². The average molecular weight is 345 g/mol. The lowest BCUT2D eigenvalue weighted by Gasteiger charge is -2.28. The van der Waals surface area contributed by atoms with E-state index < -0.39 is 0 Å². The van der Waals surface area contributed by atoms with Gasteiger partial charge in [0.05, 0.1) is 0 Å². The summed E-state index contributed by atoms with van der Waals surface area (Å²) in [7, 11) is 0. The monoisotopic (exact) mass is 345 g/mol. The van der Waals surface area contributed by atoms with Gasteiger partial charge in [-0.3, -0.25) is 4.79 Å². The highest BCUT2D eigenvalue weighted by atomic mass is 16.3. The van der Waals surface area contributed by atoms with Crippen LogP contribution >= 0.6 is 0 Å². The molecule has 0 bridgehead atoms. The fraction of sp³-hybridized carbons (Fsp3) is 0.238. The molecule has 2 aromatic rings. The number of pyridine rings is 1. The minimum Gasteiger partial charge on any atom is -0.338 e. The highest BCUT2D eigenvalue weighted by Crippen LogP contribution is 2.19. The Labute approximate surface area is 152 Å². The van der Waals surface area contributed by atoms with Crippen LogP contribution in [0.25, 0.3) is 0 Å². The maximum atomic E-state index is 12.5. The van der Waals surface area contributed by atoms with Crippen LogP contribution in [0.4, 0.5) is 5.69 Å². The molecule has 0 aliphatic carbocycles. The van der Waals surface area contributed by atoms with Gasteiger partial charge in [-0.15, -0.1) is 4.91 Å². The molecule has 0 saturated carbocycles. The smallest absolute Gasteiger partial charge is 0.253 e. The first-order chi connectivity index (χ1) is 12.7. The van der Waals surface area contributed by atoms with Gasteiger partial charge in [-0.05, 0) is 73.3 Å². The second kappa shape index (κ2) is 8.21. The number of nitroso groups, excluding NO2 is 1. The predicted molar refractivity (Wildman–Crippen MR) is 101 cm³/mol. The lowest BCUT2D eigenvalue weighted by Crippen LogP contribution is -2.36. The topological polar surface area (TPSA) is 62.6 Å². The lowest BCUT2D eigenvalue weighted by atomic mass is 10.0. The Balaban J connectivity index is 1.58. The average Bonchev–Trinajstić information content (AvgIpc) is 2.68. The van der Waals surface area contributed by atoms with Gasteiger partial charge in [0.15, 0.2) is 0 Å². The van der Waals surface area contributed by atoms with E-state index in [1.54, 1.807) is 24.3 Å². The Morgan fingerprint density at radius 3 is 2.54 bits per heavy atom. The largest absolute Gasteiger partial charge is 0.338 e. The van der Waals surface area contributed by atoms with Crippen molar-refractivity contribution in [3.63, 3.8) is 0 Å². The molecule has 1 saturated heterocycles. The molecular weight excluding hydrogens is 326 g/mol. The zero-order chi connectivity index (χ0) is 18.4. The molecule has 0 unspecified atom stereocenters. The Kier molecular flexibility index (Phi) is 5.55. The SMILES string of the molecule is Cc1cccc(C#CC=C2CCN(C(=O)c3ccc(N=O)cc3)CC2)n1. The third-order valence-corrected chi connectivity index (χ3v) is 4.28. The first-order valence-electron chi connectivity index (χ1n) is 8.51. The number of amides is 1. The molecule has 0 N–H and O–H groups in total. The standard InChI is InChI=1S/C21H19N3O2/c1-16-4-2-6-19(22-16)7-3-5-17-12-14-24(15-13-17)21(25)18-8-10-20(23-26)11-9-18/h2,4-6,8-11H,12-15H2,1H3. The van der Waals surface area contributed by atoms with Crippen LogP contribution in [0.2, 0.25) is 0 Å². The highest BCUT2D eigenvalue weighted by molar-refractivity contribution is 5.94. The first kappa shape index (κ1) is 17.6. The molecule has 0 spiro atoms. The van der Waals surface area contributed by atoms with Crippen LogP contribution in [0, 0.1) is 23.7 Å². The van der Waals surface area contributed by atoms with Crippen LogP contribution in [0.15, 0.2) is 59.3 Å². The van der Waals surface area contributed by atoms with Crippen molar-refractivity contribution in [3.05, 3.63) is 76.0 Å². The van der Waals surface area contributed by atoms with E-state index in [9.17, 15) is 9.70 Å². The summed E-state index contributed by atoms with van der Waals surface area (Å²) in [6, 6.07) is 12.2. The molecule has 130 valence electrons. The van der Waals surface area contributed by atoms with E-state index in [0.717, 1.165) is 24.2 Å². The molecule has 26 heavy (non-hydrogen) atoms. The fourth-order valence-corrected chi connectivity index (χ4v) is 2.81. The number of piperidine rings is 1. The second-order valence-electron chi connectivity index (χ2n) is 6.17. The third-order valence-electron chi connectivity index (χ3n) is 4.28. The van der Waals surface area contributed by atoms with Crippen LogP contribution in [0.5, 0.6) is 0 Å². The number of likely N-dealkylation sites (tertiary alicyclic amines) is 1. The van der Waals surface area contributed by atoms with Crippen LogP contribution in [0.3, 0.4) is 0 Å². The van der Waals surface area contributed by atoms with Gasteiger partial charge >= 0.3 is 0 Å². The Bertz CT molecular complexity index is 895. The van der Waals surface area contributed by atoms with Crippen molar-refractivity contribution in [2.45, 2.75) is 19.8 Å². The molecule has 2 heterocycles. The van der Waals surface area contributed by atoms with E-state index in [1.165, 1.54) is 5.57 Å². The molecule has 5 heteroatoms. The summed E-state index contributed by atoms with van der Waals surface area (Å²) in [4.78, 5) is 29.1. The summed E-state index contributed by atoms with van der Waals surface area (Å²) in [5.74, 6) is 6.10. The number of nitrogens with zero attached hydrogens (tertiary/aromatic N) is 3. The normalized spacial score (nSPS) is 13.6. The minimum absolute atomic E-state index is 0.0171. The lowest BCUT2D eigenvalue weighted by molar-refractivity contribution is 0.0743. The molecule has 1 aromatic heterocycles. The van der Waals surface area contributed by atoms with Crippen LogP contribution in [0.1, 0.15) is 34.6 Å². The van der Waals surface area contributed by atoms with Crippen molar-refractivity contribution in [1.82, 2.24) is 9.88 Å². The number of carbonyl (C=O) groups is 1. The van der Waals surface area contributed by atoms with Gasteiger partial charge in [-0.1, -0.05) is 17.6 Å². The maximum Gasteiger partial charge on any atom is 0.253 e. The molecule has 1 fully saturated rings. The number of allylic oxidation sites excluding steroid dienone is 1. The summed E-state index contributed by atoms with van der Waals surface area (Å²) in [6.45, 7) is 3.28. The molecule has 3 rings (SSSR count). The molecule has 1 aliphatic rings. The van der Waals surface area contributed by atoms with Gasteiger partial charge in [-0.2, -0.15) is 0 Å². The van der Waals surface area contributed by atoms with Crippen molar-refractivity contribution in [2.75, 3.05) is 13.1 Å². The van der Waals surface area contributed by atoms with Crippen LogP contribution in [-0.4, -0.2) is 28.9 Å². The number of aromatic nitrogens is 1. The minimum atomic E-state index is -0.0171. The number of rotatable bonds is 2. The van der Waals surface area contributed by atoms with Gasteiger partial charge < -0.3 is 4.90 Å². The van der Waals surface area contributed by atoms with Crippen molar-refractivity contribution in [1.29, 1.82) is 0 Å². The Morgan fingerprint density at radius 2 is 1.88 bits per heavy atom. The molecule has 1 aliphatic heterocycles. The zero-order valence-electron chi connectivity index (χ0n) is 14.6. The molecule has 5 nitrogen and oxygen atoms in total. The summed E-state index contributed by atoms with van der Waals surface area (Å²) in [5.41, 5.74) is 3.87. The fourth-order valence-electron chi connectivity index (χ4n) is 2.81. The summed E-state index contributed by atoms with van der Waals surface area (Å²) >= 11 is 0. The molecule has 0 atom stereocenters. The van der Waals surface area contributed by atoms with Crippen molar-refractivity contribution in [2.24, 2.45) is 5.18 Å². The number of aryl methyl sites for hydroxylation is 1. The molecule has 1 amide bonds. The van der Waals surface area contributed by atoms with Crippen molar-refractivity contribution < 1.29 is 4.79 Å². The van der Waals surface area contributed by atoms with E-state index >= 15 is 0 Å². The van der Waals surface area contributed by atoms with Gasteiger partial charge in [0.25, 0.3) is 5.91 Å². The quantitative estimate of drug-likeness (QED) is 0.610. The van der Waals surface area contributed by atoms with E-state index in [1.807, 2.05) is 36.1 Å². The van der Waals surface area contributed by atoms with E-state index in [-0.39, 0.29) is 5.91 Å². The van der Waals surface area contributed by atoms with E-state index in [4.69, 9.17) is 0 Å². The van der Waals surface area contributed by atoms with Crippen molar-refractivity contribution >= 4 is 11.6 Å². The first-order valence-corrected chi connectivity index (χ1v) is 8.51. The van der Waals surface area contributed by atoms with Gasteiger partial charge in [-0.25, -0.2) is 4.98 Å². The predicted octanol–water partition coefficient (Wildman–Crippen LogP) is 4.00. The van der Waals surface area contributed by atoms with E-state index in [2.05, 4.69) is 22.0 Å². The number of hydrogen-bond donors (Lipinski definition) is 0. The molecular formula is C21H19N3O2. The van der Waals surface area contributed by atoms with Gasteiger partial charge in [0, 0.05) is 24.3 Å². The number of benzene rings is 1. The van der Waals surface area contributed by atoms with Crippen molar-refractivity contribution in [3.8, 4) is 11.8 Å². The van der Waals surface area contributed by atoms with Crippen LogP contribution < -0.4 is 0 Å². The Hall–Kier alpha value is -3.26. The third kappa shape index (κ3) is 4.42. The Morgan fingerprint density at radius 1 is 1.15 bits per heavy atom. The second-order valence-corrected chi connectivity index (χ2v) is 6.17. The summed E-state index contributed by atoms with van der Waals surface area (Å²) < 4.78 is 0. The maximum absolute atomic E-state index is 12.5. The summed E-state index contributed by atoms with van der Waals surface area (Å²) in [5, 5.41) is 2.85. The molecule has 0 radical (unpaired) electrons. The number of carbonyl (C=O) groups excluding carboxylic acids is 1. The van der Waals surface area contributed by atoms with Crippen LogP contribution in [-0.2, 0) is 0 Å². The molecule has 1 aromatic carbocycles. The van der Waals surface area contributed by atoms with E-state index in [0.29, 0.717) is 24.3 Å². The van der Waals surface area contributed by atoms with Gasteiger partial charge in [0.2, 0.25) is 0 Å². The highest BCUT2D eigenvalue weighted by Gasteiger charge is 2.20. The summed E-state index contributed by atoms with van der Waals surface area (Å²) in [6.07, 6.45) is 3.57. The zero-order valence-corrected chi connectivity index (χ0v) is 14.6. The number of hydrogen-bond acceptors (Lipinski definition) is 4.